The van der Waals surface area contributed by atoms with Gasteiger partial charge in [-0.1, -0.05) is 36.4 Å². The zero-order chi connectivity index (χ0) is 21.9. The molecule has 0 spiro atoms. The maximum absolute atomic E-state index is 12.1. The minimum Gasteiger partial charge on any atom is -0.490 e. The minimum absolute atomic E-state index is 0.157. The summed E-state index contributed by atoms with van der Waals surface area (Å²) in [6.45, 7) is 2.13. The number of hydrogen-bond donors (Lipinski definition) is 2. The SMILES string of the molecule is CCOc1cc(/C=N\NC(=O)c2ccccc2)ccc1OCC(=O)Nc1ccccc1. The molecule has 0 radical (unpaired) electrons. The number of ether oxygens (including phenoxy) is 2. The summed E-state index contributed by atoms with van der Waals surface area (Å²) in [6.07, 6.45) is 1.51. The number of carbonyl (C=O) groups excluding carboxylic acids is 2. The van der Waals surface area contributed by atoms with Crippen molar-refractivity contribution >= 4 is 23.7 Å². The summed E-state index contributed by atoms with van der Waals surface area (Å²) < 4.78 is 11.2. The number of amides is 2. The van der Waals surface area contributed by atoms with Crippen molar-refractivity contribution in [3.63, 3.8) is 0 Å². The molecule has 0 aromatic heterocycles. The van der Waals surface area contributed by atoms with E-state index in [-0.39, 0.29) is 18.4 Å². The molecule has 7 nitrogen and oxygen atoms in total. The van der Waals surface area contributed by atoms with Gasteiger partial charge in [-0.25, -0.2) is 5.43 Å². The standard InChI is InChI=1S/C24H23N3O4/c1-2-30-22-15-18(16-25-27-24(29)19-9-5-3-6-10-19)13-14-21(22)31-17-23(28)26-20-11-7-4-8-12-20/h3-16H,2,17H2,1H3,(H,26,28)(H,27,29)/b25-16-. The van der Waals surface area contributed by atoms with E-state index in [2.05, 4.69) is 15.8 Å². The molecule has 0 saturated carbocycles. The quantitative estimate of drug-likeness (QED) is 0.409. The zero-order valence-electron chi connectivity index (χ0n) is 17.1. The largest absolute Gasteiger partial charge is 0.490 e. The first kappa shape index (κ1) is 21.6. The van der Waals surface area contributed by atoms with Crippen LogP contribution < -0.4 is 20.2 Å². The summed E-state index contributed by atoms with van der Waals surface area (Å²) in [5, 5.41) is 6.75. The maximum atomic E-state index is 12.1. The monoisotopic (exact) mass is 417 g/mol. The van der Waals surface area contributed by atoms with Crippen LogP contribution >= 0.6 is 0 Å². The lowest BCUT2D eigenvalue weighted by molar-refractivity contribution is -0.118. The molecule has 0 heterocycles. The van der Waals surface area contributed by atoms with Gasteiger partial charge in [0, 0.05) is 11.3 Å². The van der Waals surface area contributed by atoms with Crippen molar-refractivity contribution in [3.05, 3.63) is 90.0 Å². The van der Waals surface area contributed by atoms with Crippen LogP contribution in [0.25, 0.3) is 0 Å². The Bertz CT molecular complexity index is 1040. The van der Waals surface area contributed by atoms with Gasteiger partial charge < -0.3 is 14.8 Å². The van der Waals surface area contributed by atoms with Gasteiger partial charge in [0.05, 0.1) is 12.8 Å². The summed E-state index contributed by atoms with van der Waals surface area (Å²) in [7, 11) is 0. The van der Waals surface area contributed by atoms with Gasteiger partial charge in [-0.05, 0) is 55.0 Å². The molecular formula is C24H23N3O4. The Morgan fingerprint density at radius 1 is 0.903 bits per heavy atom. The normalized spacial score (nSPS) is 10.5. The van der Waals surface area contributed by atoms with Gasteiger partial charge in [0.2, 0.25) is 0 Å². The van der Waals surface area contributed by atoms with Crippen LogP contribution in [0.4, 0.5) is 5.69 Å². The van der Waals surface area contributed by atoms with Gasteiger partial charge in [0.25, 0.3) is 11.8 Å². The third kappa shape index (κ3) is 6.71. The van der Waals surface area contributed by atoms with E-state index in [0.717, 1.165) is 0 Å². The maximum Gasteiger partial charge on any atom is 0.271 e. The lowest BCUT2D eigenvalue weighted by atomic mass is 10.2. The van der Waals surface area contributed by atoms with E-state index in [1.807, 2.05) is 31.2 Å². The Balaban J connectivity index is 1.59. The average molecular weight is 417 g/mol. The Hall–Kier alpha value is -4.13. The summed E-state index contributed by atoms with van der Waals surface area (Å²) in [5.41, 5.74) is 4.41. The highest BCUT2D eigenvalue weighted by molar-refractivity contribution is 5.95. The lowest BCUT2D eigenvalue weighted by Crippen LogP contribution is -2.20. The van der Waals surface area contributed by atoms with Crippen molar-refractivity contribution in [1.82, 2.24) is 5.43 Å². The minimum atomic E-state index is -0.300. The number of benzene rings is 3. The fourth-order valence-corrected chi connectivity index (χ4v) is 2.67. The first-order valence-corrected chi connectivity index (χ1v) is 9.78. The van der Waals surface area contributed by atoms with Gasteiger partial charge in [-0.15, -0.1) is 0 Å². The molecule has 3 rings (SSSR count). The van der Waals surface area contributed by atoms with Gasteiger partial charge in [-0.3, -0.25) is 9.59 Å². The molecular weight excluding hydrogens is 394 g/mol. The molecule has 3 aromatic rings. The summed E-state index contributed by atoms with van der Waals surface area (Å²) >= 11 is 0. The van der Waals surface area contributed by atoms with Crippen molar-refractivity contribution in [2.24, 2.45) is 5.10 Å². The van der Waals surface area contributed by atoms with E-state index >= 15 is 0 Å². The zero-order valence-corrected chi connectivity index (χ0v) is 17.1. The number of hydrogen-bond acceptors (Lipinski definition) is 5. The van der Waals surface area contributed by atoms with Crippen LogP contribution in [0.3, 0.4) is 0 Å². The summed E-state index contributed by atoms with van der Waals surface area (Å²) in [5.74, 6) is 0.345. The molecule has 0 saturated heterocycles. The van der Waals surface area contributed by atoms with Crippen molar-refractivity contribution in [2.75, 3.05) is 18.5 Å². The molecule has 0 bridgehead atoms. The second-order valence-corrected chi connectivity index (χ2v) is 6.41. The molecule has 31 heavy (non-hydrogen) atoms. The molecule has 0 aliphatic carbocycles. The van der Waals surface area contributed by atoms with Crippen LogP contribution in [-0.4, -0.2) is 31.2 Å². The highest BCUT2D eigenvalue weighted by Gasteiger charge is 2.09. The van der Waals surface area contributed by atoms with Crippen LogP contribution in [-0.2, 0) is 4.79 Å². The van der Waals surface area contributed by atoms with Crippen LogP contribution in [0.1, 0.15) is 22.8 Å². The number of carbonyl (C=O) groups is 2. The van der Waals surface area contributed by atoms with Crippen LogP contribution in [0.15, 0.2) is 84.0 Å². The molecule has 0 atom stereocenters. The predicted octanol–water partition coefficient (Wildman–Crippen LogP) is 3.87. The number of nitrogens with one attached hydrogen (secondary N) is 2. The van der Waals surface area contributed by atoms with Crippen LogP contribution in [0, 0.1) is 0 Å². The van der Waals surface area contributed by atoms with Crippen LogP contribution in [0.2, 0.25) is 0 Å². The van der Waals surface area contributed by atoms with E-state index in [0.29, 0.717) is 34.9 Å². The second-order valence-electron chi connectivity index (χ2n) is 6.41. The predicted molar refractivity (Wildman–Crippen MR) is 120 cm³/mol. The molecule has 2 amide bonds. The van der Waals surface area contributed by atoms with Crippen LogP contribution in [0.5, 0.6) is 11.5 Å². The number of nitrogens with zero attached hydrogens (tertiary/aromatic N) is 1. The smallest absolute Gasteiger partial charge is 0.271 e. The lowest BCUT2D eigenvalue weighted by Gasteiger charge is -2.12. The molecule has 7 heteroatoms. The topological polar surface area (TPSA) is 89.0 Å². The van der Waals surface area contributed by atoms with E-state index in [4.69, 9.17) is 9.47 Å². The van der Waals surface area contributed by atoms with E-state index in [1.54, 1.807) is 54.6 Å². The summed E-state index contributed by atoms with van der Waals surface area (Å²) in [6, 6.07) is 23.1. The first-order chi connectivity index (χ1) is 15.2. The average Bonchev–Trinajstić information content (AvgIpc) is 2.80. The number of hydrazone groups is 1. The van der Waals surface area contributed by atoms with Crippen molar-refractivity contribution < 1.29 is 19.1 Å². The molecule has 2 N–H and O–H groups in total. The van der Waals surface area contributed by atoms with Crippen molar-refractivity contribution in [2.45, 2.75) is 6.92 Å². The second kappa shape index (κ2) is 11.2. The molecule has 0 fully saturated rings. The fourth-order valence-electron chi connectivity index (χ4n) is 2.67. The van der Waals surface area contributed by atoms with Crippen molar-refractivity contribution in [3.8, 4) is 11.5 Å². The number of rotatable bonds is 9. The van der Waals surface area contributed by atoms with Gasteiger partial charge in [-0.2, -0.15) is 5.10 Å². The third-order valence-electron chi connectivity index (χ3n) is 4.10. The first-order valence-electron chi connectivity index (χ1n) is 9.78. The Kier molecular flexibility index (Phi) is 7.77. The number of para-hydroxylation sites is 1. The Morgan fingerprint density at radius 2 is 1.61 bits per heavy atom. The summed E-state index contributed by atoms with van der Waals surface area (Å²) in [4.78, 5) is 24.1. The molecule has 0 aliphatic rings. The fraction of sp³-hybridized carbons (Fsp3) is 0.125. The number of anilines is 1. The third-order valence-corrected chi connectivity index (χ3v) is 4.10. The highest BCUT2D eigenvalue weighted by atomic mass is 16.5. The molecule has 158 valence electrons. The highest BCUT2D eigenvalue weighted by Crippen LogP contribution is 2.28. The van der Waals surface area contributed by atoms with Crippen molar-refractivity contribution in [1.29, 1.82) is 0 Å². The van der Waals surface area contributed by atoms with Gasteiger partial charge in [0.1, 0.15) is 0 Å². The molecule has 0 aliphatic heterocycles. The molecule has 0 unspecified atom stereocenters. The Labute approximate surface area is 180 Å². The van der Waals surface area contributed by atoms with E-state index < -0.39 is 0 Å². The Morgan fingerprint density at radius 3 is 2.32 bits per heavy atom. The molecule has 3 aromatic carbocycles. The van der Waals surface area contributed by atoms with Gasteiger partial charge >= 0.3 is 0 Å². The van der Waals surface area contributed by atoms with Gasteiger partial charge in [0.15, 0.2) is 18.1 Å². The van der Waals surface area contributed by atoms with E-state index in [1.165, 1.54) is 6.21 Å². The van der Waals surface area contributed by atoms with E-state index in [9.17, 15) is 9.59 Å².